The molecule has 0 N–H and O–H groups in total. The standard InChI is InChI=1S/C12H9BrN4S/c13-10-5-2-1-4-9(10)8-18-12-15-11-14-6-3-7-17(11)16-12/h1-7H,8H2. The van der Waals surface area contributed by atoms with Crippen LogP contribution in [0.5, 0.6) is 0 Å². The lowest BCUT2D eigenvalue weighted by Crippen LogP contribution is -1.87. The van der Waals surface area contributed by atoms with E-state index in [4.69, 9.17) is 0 Å². The van der Waals surface area contributed by atoms with Crippen LogP contribution in [0.15, 0.2) is 52.4 Å². The first kappa shape index (κ1) is 11.7. The van der Waals surface area contributed by atoms with E-state index in [2.05, 4.69) is 37.1 Å². The molecular weight excluding hydrogens is 312 g/mol. The first-order valence-corrected chi connectivity index (χ1v) is 7.14. The van der Waals surface area contributed by atoms with Gasteiger partial charge in [0.15, 0.2) is 0 Å². The minimum Gasteiger partial charge on any atom is -0.220 e. The lowest BCUT2D eigenvalue weighted by molar-refractivity contribution is 0.879. The summed E-state index contributed by atoms with van der Waals surface area (Å²) in [6.07, 6.45) is 3.56. The van der Waals surface area contributed by atoms with Gasteiger partial charge >= 0.3 is 0 Å². The molecule has 6 heteroatoms. The highest BCUT2D eigenvalue weighted by atomic mass is 79.9. The summed E-state index contributed by atoms with van der Waals surface area (Å²) in [6.45, 7) is 0. The number of aromatic nitrogens is 4. The van der Waals surface area contributed by atoms with Gasteiger partial charge in [-0.3, -0.25) is 0 Å². The smallest absolute Gasteiger partial charge is 0.220 e. The van der Waals surface area contributed by atoms with Crippen molar-refractivity contribution < 1.29 is 0 Å². The van der Waals surface area contributed by atoms with E-state index in [1.165, 1.54) is 5.56 Å². The lowest BCUT2D eigenvalue weighted by atomic mass is 10.2. The first-order chi connectivity index (χ1) is 8.83. The molecule has 0 aliphatic heterocycles. The van der Waals surface area contributed by atoms with Crippen LogP contribution < -0.4 is 0 Å². The summed E-state index contributed by atoms with van der Waals surface area (Å²) >= 11 is 5.13. The molecule has 0 fully saturated rings. The molecule has 0 saturated heterocycles. The highest BCUT2D eigenvalue weighted by molar-refractivity contribution is 9.10. The normalized spacial score (nSPS) is 10.9. The maximum absolute atomic E-state index is 4.35. The first-order valence-electron chi connectivity index (χ1n) is 5.36. The van der Waals surface area contributed by atoms with Crippen molar-refractivity contribution in [2.75, 3.05) is 0 Å². The average molecular weight is 321 g/mol. The van der Waals surface area contributed by atoms with Crippen LogP contribution >= 0.6 is 27.7 Å². The second-order valence-corrected chi connectivity index (χ2v) is 5.44. The summed E-state index contributed by atoms with van der Waals surface area (Å²) in [4.78, 5) is 8.49. The van der Waals surface area contributed by atoms with Gasteiger partial charge in [0.05, 0.1) is 0 Å². The Balaban J connectivity index is 1.79. The van der Waals surface area contributed by atoms with E-state index in [0.717, 1.165) is 15.4 Å². The number of hydrogen-bond donors (Lipinski definition) is 0. The molecule has 2 heterocycles. The third-order valence-electron chi connectivity index (χ3n) is 2.41. The molecule has 4 nitrogen and oxygen atoms in total. The monoisotopic (exact) mass is 320 g/mol. The van der Waals surface area contributed by atoms with Gasteiger partial charge in [-0.15, -0.1) is 5.10 Å². The quantitative estimate of drug-likeness (QED) is 0.695. The minimum absolute atomic E-state index is 0.632. The van der Waals surface area contributed by atoms with Crippen LogP contribution in [0.2, 0.25) is 0 Å². The highest BCUT2D eigenvalue weighted by Gasteiger charge is 2.06. The second-order valence-electron chi connectivity index (χ2n) is 3.64. The van der Waals surface area contributed by atoms with Crippen molar-refractivity contribution >= 4 is 33.5 Å². The van der Waals surface area contributed by atoms with Gasteiger partial charge in [0.2, 0.25) is 5.16 Å². The van der Waals surface area contributed by atoms with Crippen LogP contribution in [0, 0.1) is 0 Å². The molecule has 0 bridgehead atoms. The molecular formula is C12H9BrN4S. The second kappa shape index (κ2) is 5.07. The lowest BCUT2D eigenvalue weighted by Gasteiger charge is -2.00. The summed E-state index contributed by atoms with van der Waals surface area (Å²) in [7, 11) is 0. The molecule has 0 radical (unpaired) electrons. The van der Waals surface area contributed by atoms with Crippen molar-refractivity contribution in [3.8, 4) is 0 Å². The third kappa shape index (κ3) is 2.39. The van der Waals surface area contributed by atoms with Gasteiger partial charge < -0.3 is 0 Å². The van der Waals surface area contributed by atoms with Crippen LogP contribution in [0.4, 0.5) is 0 Å². The molecule has 0 spiro atoms. The van der Waals surface area contributed by atoms with Gasteiger partial charge in [-0.1, -0.05) is 45.9 Å². The number of thioether (sulfide) groups is 1. The van der Waals surface area contributed by atoms with Crippen LogP contribution in [0.25, 0.3) is 5.78 Å². The van der Waals surface area contributed by atoms with E-state index in [-0.39, 0.29) is 0 Å². The predicted octanol–water partition coefficient (Wildman–Crippen LogP) is 3.18. The topological polar surface area (TPSA) is 43.1 Å². The highest BCUT2D eigenvalue weighted by Crippen LogP contribution is 2.24. The summed E-state index contributed by atoms with van der Waals surface area (Å²) in [5.74, 6) is 1.46. The van der Waals surface area contributed by atoms with Crippen LogP contribution in [0.3, 0.4) is 0 Å². The van der Waals surface area contributed by atoms with Crippen molar-refractivity contribution in [2.45, 2.75) is 10.9 Å². The maximum Gasteiger partial charge on any atom is 0.253 e. The predicted molar refractivity (Wildman–Crippen MR) is 74.5 cm³/mol. The minimum atomic E-state index is 0.632. The van der Waals surface area contributed by atoms with Gasteiger partial charge in [0, 0.05) is 22.6 Å². The Morgan fingerprint density at radius 3 is 2.94 bits per heavy atom. The fourth-order valence-corrected chi connectivity index (χ4v) is 2.97. The maximum atomic E-state index is 4.35. The third-order valence-corrected chi connectivity index (χ3v) is 4.07. The van der Waals surface area contributed by atoms with Crippen molar-refractivity contribution in [1.29, 1.82) is 0 Å². The van der Waals surface area contributed by atoms with Gasteiger partial charge in [-0.25, -0.2) is 9.50 Å². The molecule has 0 unspecified atom stereocenters. The number of benzene rings is 1. The summed E-state index contributed by atoms with van der Waals surface area (Å²) in [5, 5.41) is 5.09. The van der Waals surface area contributed by atoms with E-state index >= 15 is 0 Å². The van der Waals surface area contributed by atoms with Crippen molar-refractivity contribution in [3.05, 3.63) is 52.8 Å². The summed E-state index contributed by atoms with van der Waals surface area (Å²) in [5.41, 5.74) is 1.23. The Morgan fingerprint density at radius 1 is 1.22 bits per heavy atom. The van der Waals surface area contributed by atoms with Crippen LogP contribution in [0.1, 0.15) is 5.56 Å². The van der Waals surface area contributed by atoms with Crippen LogP contribution in [-0.2, 0) is 5.75 Å². The molecule has 0 aliphatic rings. The number of hydrogen-bond acceptors (Lipinski definition) is 4. The number of fused-ring (bicyclic) bond motifs is 1. The molecule has 0 atom stereocenters. The van der Waals surface area contributed by atoms with Gasteiger partial charge in [0.1, 0.15) is 0 Å². The van der Waals surface area contributed by atoms with Gasteiger partial charge in [-0.05, 0) is 17.7 Å². The van der Waals surface area contributed by atoms with Crippen molar-refractivity contribution in [1.82, 2.24) is 19.6 Å². The number of nitrogens with zero attached hydrogens (tertiary/aromatic N) is 4. The molecule has 1 aromatic carbocycles. The Bertz CT molecular complexity index is 649. The molecule has 3 aromatic rings. The zero-order valence-electron chi connectivity index (χ0n) is 9.32. The number of halogens is 1. The molecule has 0 amide bonds. The molecule has 3 rings (SSSR count). The van der Waals surface area contributed by atoms with Gasteiger partial charge in [-0.2, -0.15) is 4.98 Å². The largest absolute Gasteiger partial charge is 0.253 e. The van der Waals surface area contributed by atoms with Crippen molar-refractivity contribution in [3.63, 3.8) is 0 Å². The zero-order valence-corrected chi connectivity index (χ0v) is 11.7. The molecule has 0 saturated carbocycles. The molecule has 18 heavy (non-hydrogen) atoms. The Morgan fingerprint density at radius 2 is 2.11 bits per heavy atom. The fourth-order valence-electron chi connectivity index (χ4n) is 1.53. The van der Waals surface area contributed by atoms with E-state index in [9.17, 15) is 0 Å². The molecule has 0 aliphatic carbocycles. The number of rotatable bonds is 3. The summed E-state index contributed by atoms with van der Waals surface area (Å²) < 4.78 is 2.79. The molecule has 90 valence electrons. The molecule has 2 aromatic heterocycles. The zero-order chi connectivity index (χ0) is 12.4. The van der Waals surface area contributed by atoms with E-state index in [0.29, 0.717) is 5.78 Å². The Labute approximate surface area is 117 Å². The fraction of sp³-hybridized carbons (Fsp3) is 0.0833. The summed E-state index contributed by atoms with van der Waals surface area (Å²) in [6, 6.07) is 9.99. The van der Waals surface area contributed by atoms with E-state index in [1.54, 1.807) is 22.5 Å². The van der Waals surface area contributed by atoms with Crippen molar-refractivity contribution in [2.24, 2.45) is 0 Å². The Hall–Kier alpha value is -1.40. The average Bonchev–Trinajstić information content (AvgIpc) is 2.80. The van der Waals surface area contributed by atoms with Gasteiger partial charge in [0.25, 0.3) is 5.78 Å². The van der Waals surface area contributed by atoms with Crippen LogP contribution in [-0.4, -0.2) is 19.6 Å². The Kier molecular flexibility index (Phi) is 3.29. The van der Waals surface area contributed by atoms with E-state index in [1.807, 2.05) is 30.5 Å². The van der Waals surface area contributed by atoms with E-state index < -0.39 is 0 Å². The SMILES string of the molecule is Brc1ccccc1CSc1nc2ncccn2n1.